The summed E-state index contributed by atoms with van der Waals surface area (Å²) < 4.78 is 1.85. The minimum Gasteiger partial charge on any atom is -0.481 e. The molecule has 6 nitrogen and oxygen atoms in total. The molecule has 2 aliphatic rings. The van der Waals surface area contributed by atoms with Crippen LogP contribution < -0.4 is 0 Å². The van der Waals surface area contributed by atoms with Crippen molar-refractivity contribution in [2.75, 3.05) is 13.1 Å². The van der Waals surface area contributed by atoms with E-state index in [1.165, 1.54) is 12.8 Å². The van der Waals surface area contributed by atoms with Crippen LogP contribution in [0.5, 0.6) is 0 Å². The van der Waals surface area contributed by atoms with Gasteiger partial charge in [-0.2, -0.15) is 5.10 Å². The summed E-state index contributed by atoms with van der Waals surface area (Å²) in [4.78, 5) is 25.5. The minimum atomic E-state index is -0.809. The molecule has 0 bridgehead atoms. The number of likely N-dealkylation sites (tertiary alicyclic amines) is 1. The quantitative estimate of drug-likeness (QED) is 0.923. The number of hydrogen-bond donors (Lipinski definition) is 1. The Hall–Kier alpha value is -1.85. The second kappa shape index (κ2) is 5.87. The molecular weight excluding hydrogens is 270 g/mol. The lowest BCUT2D eigenvalue weighted by Gasteiger charge is -2.31. The SMILES string of the molecule is O=C(O)C1CCCN(C(=O)c2ccnn2C2CCCC2)C1. The molecule has 1 aliphatic heterocycles. The topological polar surface area (TPSA) is 75.4 Å². The zero-order valence-electron chi connectivity index (χ0n) is 12.1. The van der Waals surface area contributed by atoms with Crippen LogP contribution in [0.4, 0.5) is 0 Å². The van der Waals surface area contributed by atoms with Crippen molar-refractivity contribution in [3.05, 3.63) is 18.0 Å². The fourth-order valence-electron chi connectivity index (χ4n) is 3.45. The van der Waals surface area contributed by atoms with Crippen LogP contribution in [0.1, 0.15) is 55.1 Å². The third-order valence-corrected chi connectivity index (χ3v) is 4.62. The van der Waals surface area contributed by atoms with Gasteiger partial charge in [-0.25, -0.2) is 0 Å². The normalized spacial score (nSPS) is 23.4. The maximum atomic E-state index is 12.7. The second-order valence-corrected chi connectivity index (χ2v) is 6.03. The van der Waals surface area contributed by atoms with E-state index in [4.69, 9.17) is 5.11 Å². The highest BCUT2D eigenvalue weighted by Crippen LogP contribution is 2.30. The molecule has 0 radical (unpaired) electrons. The highest BCUT2D eigenvalue weighted by molar-refractivity contribution is 5.93. The summed E-state index contributed by atoms with van der Waals surface area (Å²) in [5.74, 6) is -1.33. The number of rotatable bonds is 3. The second-order valence-electron chi connectivity index (χ2n) is 6.03. The number of carboxylic acid groups (broad SMARTS) is 1. The van der Waals surface area contributed by atoms with Crippen molar-refractivity contribution < 1.29 is 14.7 Å². The fraction of sp³-hybridized carbons (Fsp3) is 0.667. The summed E-state index contributed by atoms with van der Waals surface area (Å²) in [5, 5.41) is 13.5. The molecule has 3 rings (SSSR count). The van der Waals surface area contributed by atoms with E-state index in [2.05, 4.69) is 5.10 Å². The summed E-state index contributed by atoms with van der Waals surface area (Å²) in [6, 6.07) is 2.07. The predicted molar refractivity (Wildman–Crippen MR) is 76.0 cm³/mol. The zero-order chi connectivity index (χ0) is 14.8. The van der Waals surface area contributed by atoms with E-state index in [-0.39, 0.29) is 5.91 Å². The Balaban J connectivity index is 1.76. The molecule has 6 heteroatoms. The molecule has 0 spiro atoms. The molecule has 1 aliphatic carbocycles. The predicted octanol–water partition coefficient (Wildman–Crippen LogP) is 1.93. The number of aromatic nitrogens is 2. The average Bonchev–Trinajstić information content (AvgIpc) is 3.17. The lowest BCUT2D eigenvalue weighted by atomic mass is 9.98. The van der Waals surface area contributed by atoms with Crippen LogP contribution in [0.3, 0.4) is 0 Å². The van der Waals surface area contributed by atoms with E-state index in [9.17, 15) is 9.59 Å². The highest BCUT2D eigenvalue weighted by atomic mass is 16.4. The first-order chi connectivity index (χ1) is 10.2. The van der Waals surface area contributed by atoms with Gasteiger partial charge in [0.25, 0.3) is 5.91 Å². The van der Waals surface area contributed by atoms with Crippen LogP contribution in [0.2, 0.25) is 0 Å². The van der Waals surface area contributed by atoms with Gasteiger partial charge in [0.2, 0.25) is 0 Å². The summed E-state index contributed by atoms with van der Waals surface area (Å²) in [6.07, 6.45) is 7.58. The number of piperidine rings is 1. The van der Waals surface area contributed by atoms with Crippen LogP contribution in [-0.2, 0) is 4.79 Å². The molecule has 1 unspecified atom stereocenters. The van der Waals surface area contributed by atoms with Crippen LogP contribution in [0, 0.1) is 5.92 Å². The van der Waals surface area contributed by atoms with E-state index in [1.807, 2.05) is 4.68 Å². The lowest BCUT2D eigenvalue weighted by Crippen LogP contribution is -2.43. The minimum absolute atomic E-state index is 0.0784. The van der Waals surface area contributed by atoms with Crippen LogP contribution in [-0.4, -0.2) is 44.8 Å². The van der Waals surface area contributed by atoms with Gasteiger partial charge in [-0.05, 0) is 31.7 Å². The first kappa shape index (κ1) is 14.1. The largest absolute Gasteiger partial charge is 0.481 e. The summed E-state index contributed by atoms with van der Waals surface area (Å²) in [5.41, 5.74) is 0.605. The van der Waals surface area contributed by atoms with Gasteiger partial charge in [-0.3, -0.25) is 14.3 Å². The van der Waals surface area contributed by atoms with Crippen molar-refractivity contribution in [2.24, 2.45) is 5.92 Å². The molecule has 1 aromatic heterocycles. The molecular formula is C15H21N3O3. The number of amides is 1. The third kappa shape index (κ3) is 2.80. The molecule has 0 aromatic carbocycles. The van der Waals surface area contributed by atoms with E-state index in [0.717, 1.165) is 19.3 Å². The third-order valence-electron chi connectivity index (χ3n) is 4.62. The molecule has 2 heterocycles. The Kier molecular flexibility index (Phi) is 3.94. The van der Waals surface area contributed by atoms with Crippen molar-refractivity contribution in [2.45, 2.75) is 44.6 Å². The van der Waals surface area contributed by atoms with Crippen molar-refractivity contribution in [1.29, 1.82) is 0 Å². The molecule has 114 valence electrons. The van der Waals surface area contributed by atoms with Crippen molar-refractivity contribution in [3.63, 3.8) is 0 Å². The smallest absolute Gasteiger partial charge is 0.308 e. The van der Waals surface area contributed by atoms with E-state index in [1.54, 1.807) is 17.2 Å². The number of aliphatic carboxylic acids is 1. The standard InChI is InChI=1S/C15H21N3O3/c19-14(17-9-3-4-11(10-17)15(20)21)13-7-8-16-18(13)12-5-1-2-6-12/h7-8,11-12H,1-6,9-10H2,(H,20,21). The molecule has 1 atom stereocenters. The maximum Gasteiger partial charge on any atom is 0.308 e. The first-order valence-electron chi connectivity index (χ1n) is 7.72. The number of hydrogen-bond acceptors (Lipinski definition) is 3. The summed E-state index contributed by atoms with van der Waals surface area (Å²) in [6.45, 7) is 0.947. The van der Waals surface area contributed by atoms with E-state index in [0.29, 0.717) is 31.2 Å². The Morgan fingerprint density at radius 2 is 1.95 bits per heavy atom. The molecule has 1 saturated carbocycles. The number of carboxylic acids is 1. The Morgan fingerprint density at radius 1 is 1.19 bits per heavy atom. The van der Waals surface area contributed by atoms with Crippen molar-refractivity contribution in [1.82, 2.24) is 14.7 Å². The average molecular weight is 291 g/mol. The van der Waals surface area contributed by atoms with Gasteiger partial charge in [0.15, 0.2) is 0 Å². The molecule has 1 amide bonds. The summed E-state index contributed by atoms with van der Waals surface area (Å²) >= 11 is 0. The van der Waals surface area contributed by atoms with Gasteiger partial charge in [0, 0.05) is 19.3 Å². The van der Waals surface area contributed by atoms with Gasteiger partial charge in [-0.1, -0.05) is 12.8 Å². The Morgan fingerprint density at radius 3 is 2.67 bits per heavy atom. The fourth-order valence-corrected chi connectivity index (χ4v) is 3.45. The van der Waals surface area contributed by atoms with Crippen LogP contribution in [0.25, 0.3) is 0 Å². The number of carbonyl (C=O) groups is 2. The maximum absolute atomic E-state index is 12.7. The molecule has 21 heavy (non-hydrogen) atoms. The molecule has 1 N–H and O–H groups in total. The highest BCUT2D eigenvalue weighted by Gasteiger charge is 2.31. The molecule has 2 fully saturated rings. The molecule has 1 saturated heterocycles. The van der Waals surface area contributed by atoms with Gasteiger partial charge in [-0.15, -0.1) is 0 Å². The molecule has 1 aromatic rings. The number of carbonyl (C=O) groups excluding carboxylic acids is 1. The monoisotopic (exact) mass is 291 g/mol. The van der Waals surface area contributed by atoms with Gasteiger partial charge in [0.1, 0.15) is 5.69 Å². The van der Waals surface area contributed by atoms with E-state index < -0.39 is 11.9 Å². The van der Waals surface area contributed by atoms with Crippen LogP contribution >= 0.6 is 0 Å². The Labute approximate surface area is 123 Å². The first-order valence-corrected chi connectivity index (χ1v) is 7.72. The van der Waals surface area contributed by atoms with Gasteiger partial charge >= 0.3 is 5.97 Å². The zero-order valence-corrected chi connectivity index (χ0v) is 12.1. The lowest BCUT2D eigenvalue weighted by molar-refractivity contribution is -0.143. The Bertz CT molecular complexity index is 534. The van der Waals surface area contributed by atoms with Gasteiger partial charge < -0.3 is 10.0 Å². The van der Waals surface area contributed by atoms with Crippen LogP contribution in [0.15, 0.2) is 12.3 Å². The van der Waals surface area contributed by atoms with E-state index >= 15 is 0 Å². The van der Waals surface area contributed by atoms with Crippen molar-refractivity contribution >= 4 is 11.9 Å². The summed E-state index contributed by atoms with van der Waals surface area (Å²) in [7, 11) is 0. The number of nitrogens with zero attached hydrogens (tertiary/aromatic N) is 3. The van der Waals surface area contributed by atoms with Gasteiger partial charge in [0.05, 0.1) is 12.0 Å². The van der Waals surface area contributed by atoms with Crippen molar-refractivity contribution in [3.8, 4) is 0 Å².